The summed E-state index contributed by atoms with van der Waals surface area (Å²) in [5.74, 6) is -1.97. The van der Waals surface area contributed by atoms with Crippen LogP contribution in [0, 0.1) is 5.82 Å². The number of nitrogens with one attached hydrogen (secondary N) is 2. The molecular formula is C35H40FN3O4. The van der Waals surface area contributed by atoms with Gasteiger partial charge in [-0.1, -0.05) is 81.0 Å². The Labute approximate surface area is 253 Å². The van der Waals surface area contributed by atoms with Crippen molar-refractivity contribution >= 4 is 12.0 Å². The van der Waals surface area contributed by atoms with Gasteiger partial charge in [0.05, 0.1) is 11.3 Å². The van der Waals surface area contributed by atoms with Crippen molar-refractivity contribution in [2.75, 3.05) is 26.2 Å². The maximum absolute atomic E-state index is 13.5. The van der Waals surface area contributed by atoms with Crippen LogP contribution in [0.3, 0.4) is 0 Å². The molecule has 0 aromatic heterocycles. The Morgan fingerprint density at radius 2 is 1.70 bits per heavy atom. The molecule has 0 spiro atoms. The number of ether oxygens (including phenoxy) is 1. The molecule has 3 rings (SSSR count). The Bertz CT molecular complexity index is 1390. The zero-order valence-corrected chi connectivity index (χ0v) is 24.5. The quantitative estimate of drug-likeness (QED) is 0.231. The Kier molecular flexibility index (Phi) is 12.7. The number of rotatable bonds is 14. The molecule has 1 aliphatic rings. The standard InChI is InChI=1S/C35H40FN3O4/c1-5-7-10-25(3)26(4)32(9-6-2)38-35(42)43-29-19-23-39(24-20-29)22-18-28-15-13-27(14-16-28)17-21-37-34(41)30-11-8-12-31(36)33(30)40/h5-16,29,40H,1-4,17-24H2,(H,37,41)(H,38,42)/b10-7-,32-9+. The fourth-order valence-corrected chi connectivity index (χ4v) is 4.61. The van der Waals surface area contributed by atoms with Gasteiger partial charge in [-0.25, -0.2) is 9.18 Å². The Balaban J connectivity index is 1.36. The first-order chi connectivity index (χ1) is 20.7. The number of phenols is 1. The number of phenolic OH excluding ortho intramolecular Hbond substituents is 1. The van der Waals surface area contributed by atoms with Crippen molar-refractivity contribution in [2.24, 2.45) is 0 Å². The lowest BCUT2D eigenvalue weighted by Crippen LogP contribution is -2.40. The molecule has 7 nitrogen and oxygen atoms in total. The van der Waals surface area contributed by atoms with E-state index < -0.39 is 23.6 Å². The van der Waals surface area contributed by atoms with E-state index in [0.717, 1.165) is 50.5 Å². The lowest BCUT2D eigenvalue weighted by atomic mass is 10.0. The van der Waals surface area contributed by atoms with Crippen LogP contribution >= 0.6 is 0 Å². The monoisotopic (exact) mass is 585 g/mol. The fraction of sp³-hybridized carbons (Fsp3) is 0.257. The lowest BCUT2D eigenvalue weighted by Gasteiger charge is -2.31. The van der Waals surface area contributed by atoms with Crippen LogP contribution in [0.1, 0.15) is 34.3 Å². The van der Waals surface area contributed by atoms with Crippen molar-refractivity contribution in [3.05, 3.63) is 139 Å². The normalized spacial score (nSPS) is 14.2. The van der Waals surface area contributed by atoms with Gasteiger partial charge in [-0.3, -0.25) is 10.1 Å². The summed E-state index contributed by atoms with van der Waals surface area (Å²) < 4.78 is 19.1. The van der Waals surface area contributed by atoms with E-state index in [1.165, 1.54) is 17.7 Å². The first kappa shape index (κ1) is 32.8. The molecule has 8 heteroatoms. The van der Waals surface area contributed by atoms with Crippen molar-refractivity contribution in [1.29, 1.82) is 0 Å². The van der Waals surface area contributed by atoms with Crippen LogP contribution in [-0.2, 0) is 17.6 Å². The number of carbonyl (C=O) groups is 2. The van der Waals surface area contributed by atoms with Gasteiger partial charge in [0, 0.05) is 26.2 Å². The molecule has 0 unspecified atom stereocenters. The Hall–Kier alpha value is -4.69. The molecule has 0 atom stereocenters. The zero-order valence-electron chi connectivity index (χ0n) is 24.5. The second-order valence-corrected chi connectivity index (χ2v) is 10.2. The van der Waals surface area contributed by atoms with Crippen LogP contribution in [0.4, 0.5) is 9.18 Å². The van der Waals surface area contributed by atoms with Crippen molar-refractivity contribution in [3.8, 4) is 5.75 Å². The molecule has 2 aromatic rings. The van der Waals surface area contributed by atoms with Gasteiger partial charge in [0.15, 0.2) is 11.6 Å². The van der Waals surface area contributed by atoms with E-state index >= 15 is 0 Å². The minimum Gasteiger partial charge on any atom is -0.504 e. The second-order valence-electron chi connectivity index (χ2n) is 10.2. The van der Waals surface area contributed by atoms with E-state index in [2.05, 4.69) is 54.0 Å². The maximum Gasteiger partial charge on any atom is 0.411 e. The number of hydrogen-bond donors (Lipinski definition) is 3. The molecule has 0 saturated carbocycles. The van der Waals surface area contributed by atoms with Crippen LogP contribution in [0.5, 0.6) is 5.75 Å². The van der Waals surface area contributed by atoms with Gasteiger partial charge in [-0.15, -0.1) is 0 Å². The first-order valence-corrected chi connectivity index (χ1v) is 14.3. The number of benzene rings is 2. The topological polar surface area (TPSA) is 90.9 Å². The molecule has 0 radical (unpaired) electrons. The molecule has 226 valence electrons. The molecular weight excluding hydrogens is 545 g/mol. The predicted molar refractivity (Wildman–Crippen MR) is 169 cm³/mol. The average molecular weight is 586 g/mol. The molecule has 2 aromatic carbocycles. The highest BCUT2D eigenvalue weighted by Crippen LogP contribution is 2.21. The average Bonchev–Trinajstić information content (AvgIpc) is 3.00. The molecule has 43 heavy (non-hydrogen) atoms. The number of likely N-dealkylation sites (tertiary alicyclic amines) is 1. The van der Waals surface area contributed by atoms with Crippen molar-refractivity contribution < 1.29 is 23.8 Å². The third kappa shape index (κ3) is 10.3. The van der Waals surface area contributed by atoms with Crippen molar-refractivity contribution in [1.82, 2.24) is 15.5 Å². The smallest absolute Gasteiger partial charge is 0.411 e. The highest BCUT2D eigenvalue weighted by Gasteiger charge is 2.23. The molecule has 1 aliphatic heterocycles. The third-order valence-corrected chi connectivity index (χ3v) is 7.15. The summed E-state index contributed by atoms with van der Waals surface area (Å²) in [5.41, 5.74) is 3.88. The minimum atomic E-state index is -0.821. The van der Waals surface area contributed by atoms with E-state index in [9.17, 15) is 19.1 Å². The first-order valence-electron chi connectivity index (χ1n) is 14.3. The van der Waals surface area contributed by atoms with E-state index in [1.807, 2.05) is 12.1 Å². The summed E-state index contributed by atoms with van der Waals surface area (Å²) in [6, 6.07) is 12.1. The van der Waals surface area contributed by atoms with Gasteiger partial charge in [0.25, 0.3) is 5.91 Å². The van der Waals surface area contributed by atoms with Crippen LogP contribution in [0.15, 0.2) is 116 Å². The summed E-state index contributed by atoms with van der Waals surface area (Å²) in [6.45, 7) is 18.3. The number of amides is 2. The number of nitrogens with zero attached hydrogens (tertiary/aromatic N) is 1. The van der Waals surface area contributed by atoms with Crippen LogP contribution in [0.25, 0.3) is 0 Å². The SMILES string of the molecule is C=C/C=C\C(=C)C(=C)/C(=C\C=C)NC(=O)OC1CCN(CCc2ccc(CCNC(=O)c3cccc(F)c3O)cc2)CC1. The number of hydrogen-bond acceptors (Lipinski definition) is 5. The van der Waals surface area contributed by atoms with Gasteiger partial charge in [0.2, 0.25) is 0 Å². The highest BCUT2D eigenvalue weighted by atomic mass is 19.1. The number of carbonyl (C=O) groups excluding carboxylic acids is 2. The van der Waals surface area contributed by atoms with E-state index in [-0.39, 0.29) is 11.7 Å². The van der Waals surface area contributed by atoms with E-state index in [0.29, 0.717) is 29.8 Å². The second kappa shape index (κ2) is 16.7. The minimum absolute atomic E-state index is 0.0784. The highest BCUT2D eigenvalue weighted by molar-refractivity contribution is 5.96. The van der Waals surface area contributed by atoms with Crippen molar-refractivity contribution in [2.45, 2.75) is 31.8 Å². The van der Waals surface area contributed by atoms with E-state index in [1.54, 1.807) is 30.4 Å². The van der Waals surface area contributed by atoms with Crippen LogP contribution in [0.2, 0.25) is 0 Å². The largest absolute Gasteiger partial charge is 0.504 e. The molecule has 0 bridgehead atoms. The van der Waals surface area contributed by atoms with Crippen LogP contribution < -0.4 is 10.6 Å². The molecule has 3 N–H and O–H groups in total. The summed E-state index contributed by atoms with van der Waals surface area (Å²) in [6.07, 6.45) is 10.7. The molecule has 1 heterocycles. The van der Waals surface area contributed by atoms with E-state index in [4.69, 9.17) is 4.74 Å². The van der Waals surface area contributed by atoms with Crippen LogP contribution in [-0.4, -0.2) is 54.3 Å². The Morgan fingerprint density at radius 1 is 1.02 bits per heavy atom. The van der Waals surface area contributed by atoms with Gasteiger partial charge in [-0.2, -0.15) is 0 Å². The van der Waals surface area contributed by atoms with Gasteiger partial charge in [0.1, 0.15) is 6.10 Å². The summed E-state index contributed by atoms with van der Waals surface area (Å²) >= 11 is 0. The van der Waals surface area contributed by atoms with Gasteiger partial charge < -0.3 is 20.1 Å². The number of halogens is 1. The van der Waals surface area contributed by atoms with Gasteiger partial charge >= 0.3 is 6.09 Å². The lowest BCUT2D eigenvalue weighted by molar-refractivity contribution is 0.0527. The molecule has 1 fully saturated rings. The van der Waals surface area contributed by atoms with Crippen molar-refractivity contribution in [3.63, 3.8) is 0 Å². The fourth-order valence-electron chi connectivity index (χ4n) is 4.61. The maximum atomic E-state index is 13.5. The Morgan fingerprint density at radius 3 is 2.35 bits per heavy atom. The number of para-hydroxylation sites is 1. The summed E-state index contributed by atoms with van der Waals surface area (Å²) in [5, 5.41) is 15.2. The third-order valence-electron chi connectivity index (χ3n) is 7.15. The van der Waals surface area contributed by atoms with Gasteiger partial charge in [-0.05, 0) is 66.2 Å². The number of allylic oxidation sites excluding steroid dienone is 6. The number of alkyl carbamates (subject to hydrolysis) is 1. The summed E-state index contributed by atoms with van der Waals surface area (Å²) in [7, 11) is 0. The predicted octanol–water partition coefficient (Wildman–Crippen LogP) is 6.16. The zero-order chi connectivity index (χ0) is 31.2. The number of piperidine rings is 1. The molecule has 2 amide bonds. The molecule has 0 aliphatic carbocycles. The summed E-state index contributed by atoms with van der Waals surface area (Å²) in [4.78, 5) is 27.2. The number of aromatic hydroxyl groups is 1. The molecule has 1 saturated heterocycles.